The number of nitrogens with two attached hydrogens (primary N) is 1. The van der Waals surface area contributed by atoms with Crippen molar-refractivity contribution in [3.05, 3.63) is 29.3 Å². The number of carbonyl (C=O) groups is 1. The molecule has 3 nitrogen and oxygen atoms in total. The van der Waals surface area contributed by atoms with E-state index in [1.807, 2.05) is 0 Å². The van der Waals surface area contributed by atoms with Gasteiger partial charge >= 0.3 is 12.1 Å². The third-order valence-electron chi connectivity index (χ3n) is 1.79. The topological polar surface area (TPSA) is 52.3 Å². The van der Waals surface area contributed by atoms with Gasteiger partial charge in [0.2, 0.25) is 0 Å². The van der Waals surface area contributed by atoms with Crippen LogP contribution >= 0.6 is 0 Å². The van der Waals surface area contributed by atoms with Crippen molar-refractivity contribution in [1.29, 1.82) is 0 Å². The number of rotatable bonds is 1. The summed E-state index contributed by atoms with van der Waals surface area (Å²) in [5.74, 6) is -1.06. The number of nitrogen functional groups attached to an aromatic ring is 1. The first-order chi connectivity index (χ1) is 6.88. The summed E-state index contributed by atoms with van der Waals surface area (Å²) in [7, 11) is 1.01. The molecular weight excluding hydrogens is 211 g/mol. The Bertz CT molecular complexity index is 387. The monoisotopic (exact) mass is 219 g/mol. The molecule has 82 valence electrons. The lowest BCUT2D eigenvalue weighted by Gasteiger charge is -2.13. The zero-order valence-electron chi connectivity index (χ0n) is 7.76. The molecule has 0 heterocycles. The molecule has 0 spiro atoms. The molecule has 0 aliphatic heterocycles. The van der Waals surface area contributed by atoms with Crippen molar-refractivity contribution in [3.8, 4) is 0 Å². The molecule has 0 aromatic heterocycles. The van der Waals surface area contributed by atoms with Gasteiger partial charge in [0, 0.05) is 5.69 Å². The molecule has 6 heteroatoms. The second kappa shape index (κ2) is 3.80. The minimum atomic E-state index is -4.67. The highest BCUT2D eigenvalue weighted by Gasteiger charge is 2.37. The van der Waals surface area contributed by atoms with Crippen LogP contribution in [-0.4, -0.2) is 13.1 Å². The van der Waals surface area contributed by atoms with Gasteiger partial charge in [0.1, 0.15) is 0 Å². The molecule has 0 atom stereocenters. The number of alkyl halides is 3. The first kappa shape index (κ1) is 11.4. The van der Waals surface area contributed by atoms with Crippen LogP contribution in [0.2, 0.25) is 0 Å². The Hall–Kier alpha value is -1.72. The van der Waals surface area contributed by atoms with Crippen LogP contribution in [0.1, 0.15) is 15.9 Å². The number of esters is 1. The van der Waals surface area contributed by atoms with Crippen molar-refractivity contribution in [1.82, 2.24) is 0 Å². The Kier molecular flexibility index (Phi) is 2.88. The fourth-order valence-electron chi connectivity index (χ4n) is 1.17. The molecule has 0 amide bonds. The SMILES string of the molecule is COC(=O)c1cccc(N)c1C(F)(F)F. The van der Waals surface area contributed by atoms with Gasteiger partial charge in [-0.15, -0.1) is 0 Å². The van der Waals surface area contributed by atoms with Crippen LogP contribution in [0.25, 0.3) is 0 Å². The molecule has 1 aromatic rings. The molecule has 0 saturated heterocycles. The lowest BCUT2D eigenvalue weighted by Crippen LogP contribution is -2.16. The Labute approximate surface area is 83.6 Å². The van der Waals surface area contributed by atoms with Crippen LogP contribution in [0.3, 0.4) is 0 Å². The summed E-state index contributed by atoms with van der Waals surface area (Å²) < 4.78 is 41.8. The van der Waals surface area contributed by atoms with Gasteiger partial charge < -0.3 is 10.5 Å². The zero-order chi connectivity index (χ0) is 11.6. The third kappa shape index (κ3) is 2.20. The lowest BCUT2D eigenvalue weighted by atomic mass is 10.1. The molecule has 2 N–H and O–H groups in total. The van der Waals surface area contributed by atoms with Gasteiger partial charge in [0.25, 0.3) is 0 Å². The fourth-order valence-corrected chi connectivity index (χ4v) is 1.17. The molecule has 15 heavy (non-hydrogen) atoms. The Balaban J connectivity index is 3.40. The van der Waals surface area contributed by atoms with E-state index in [-0.39, 0.29) is 0 Å². The Morgan fingerprint density at radius 2 is 2.00 bits per heavy atom. The van der Waals surface area contributed by atoms with Gasteiger partial charge in [0.05, 0.1) is 18.2 Å². The van der Waals surface area contributed by atoms with E-state index >= 15 is 0 Å². The zero-order valence-corrected chi connectivity index (χ0v) is 7.76. The summed E-state index contributed by atoms with van der Waals surface area (Å²) in [4.78, 5) is 11.1. The van der Waals surface area contributed by atoms with Gasteiger partial charge in [-0.3, -0.25) is 0 Å². The molecule has 1 rings (SSSR count). The smallest absolute Gasteiger partial charge is 0.419 e. The van der Waals surface area contributed by atoms with Crippen LogP contribution in [0, 0.1) is 0 Å². The number of ether oxygens (including phenoxy) is 1. The number of carbonyl (C=O) groups excluding carboxylic acids is 1. The van der Waals surface area contributed by atoms with Crippen LogP contribution in [-0.2, 0) is 10.9 Å². The van der Waals surface area contributed by atoms with E-state index in [4.69, 9.17) is 5.73 Å². The summed E-state index contributed by atoms with van der Waals surface area (Å²) in [6.45, 7) is 0. The molecule has 0 saturated carbocycles. The van der Waals surface area contributed by atoms with E-state index < -0.39 is 29.0 Å². The van der Waals surface area contributed by atoms with Crippen molar-refractivity contribution in [3.63, 3.8) is 0 Å². The van der Waals surface area contributed by atoms with Gasteiger partial charge in [-0.2, -0.15) is 13.2 Å². The maximum absolute atomic E-state index is 12.5. The number of methoxy groups -OCH3 is 1. The van der Waals surface area contributed by atoms with E-state index in [1.165, 1.54) is 6.07 Å². The van der Waals surface area contributed by atoms with Crippen LogP contribution in [0.15, 0.2) is 18.2 Å². The van der Waals surface area contributed by atoms with E-state index in [0.717, 1.165) is 19.2 Å². The molecule has 0 aliphatic rings. The number of hydrogen-bond donors (Lipinski definition) is 1. The molecule has 0 aliphatic carbocycles. The average Bonchev–Trinajstić information content (AvgIpc) is 2.14. The number of anilines is 1. The van der Waals surface area contributed by atoms with Crippen molar-refractivity contribution in [2.24, 2.45) is 0 Å². The minimum absolute atomic E-state index is 0.495. The molecular formula is C9H8F3NO2. The molecule has 0 fully saturated rings. The van der Waals surface area contributed by atoms with Crippen LogP contribution in [0.4, 0.5) is 18.9 Å². The van der Waals surface area contributed by atoms with Crippen molar-refractivity contribution < 1.29 is 22.7 Å². The highest BCUT2D eigenvalue weighted by atomic mass is 19.4. The maximum Gasteiger partial charge on any atom is 0.419 e. The fraction of sp³-hybridized carbons (Fsp3) is 0.222. The summed E-state index contributed by atoms with van der Waals surface area (Å²) in [5.41, 5.74) is 2.94. The third-order valence-corrected chi connectivity index (χ3v) is 1.79. The van der Waals surface area contributed by atoms with Gasteiger partial charge in [0.15, 0.2) is 0 Å². The first-order valence-electron chi connectivity index (χ1n) is 3.92. The number of halogens is 3. The molecule has 0 unspecified atom stereocenters. The van der Waals surface area contributed by atoms with E-state index in [2.05, 4.69) is 4.74 Å². The molecule has 0 radical (unpaired) electrons. The number of benzene rings is 1. The summed E-state index contributed by atoms with van der Waals surface area (Å²) in [5, 5.41) is 0. The van der Waals surface area contributed by atoms with Gasteiger partial charge in [-0.05, 0) is 12.1 Å². The second-order valence-electron chi connectivity index (χ2n) is 2.76. The standard InChI is InChI=1S/C9H8F3NO2/c1-15-8(14)5-3-2-4-6(13)7(5)9(10,11)12/h2-4H,13H2,1H3. The second-order valence-corrected chi connectivity index (χ2v) is 2.76. The Morgan fingerprint density at radius 3 is 2.47 bits per heavy atom. The lowest BCUT2D eigenvalue weighted by molar-refractivity contribution is -0.137. The normalized spacial score (nSPS) is 11.2. The highest BCUT2D eigenvalue weighted by molar-refractivity contribution is 5.92. The summed E-state index contributed by atoms with van der Waals surface area (Å²) in [6, 6.07) is 3.36. The first-order valence-corrected chi connectivity index (χ1v) is 3.92. The van der Waals surface area contributed by atoms with Crippen molar-refractivity contribution >= 4 is 11.7 Å². The van der Waals surface area contributed by atoms with E-state index in [9.17, 15) is 18.0 Å². The number of hydrogen-bond acceptors (Lipinski definition) is 3. The summed E-state index contributed by atoms with van der Waals surface area (Å²) >= 11 is 0. The Morgan fingerprint density at radius 1 is 1.40 bits per heavy atom. The highest BCUT2D eigenvalue weighted by Crippen LogP contribution is 2.36. The van der Waals surface area contributed by atoms with Gasteiger partial charge in [-0.1, -0.05) is 6.07 Å². The van der Waals surface area contributed by atoms with E-state index in [0.29, 0.717) is 0 Å². The van der Waals surface area contributed by atoms with Crippen molar-refractivity contribution in [2.75, 3.05) is 12.8 Å². The maximum atomic E-state index is 12.5. The van der Waals surface area contributed by atoms with Crippen LogP contribution < -0.4 is 5.73 Å². The summed E-state index contributed by atoms with van der Waals surface area (Å²) in [6.07, 6.45) is -4.67. The minimum Gasteiger partial charge on any atom is -0.465 e. The van der Waals surface area contributed by atoms with E-state index in [1.54, 1.807) is 0 Å². The molecule has 1 aromatic carbocycles. The quantitative estimate of drug-likeness (QED) is 0.581. The van der Waals surface area contributed by atoms with Gasteiger partial charge in [-0.25, -0.2) is 4.79 Å². The largest absolute Gasteiger partial charge is 0.465 e. The predicted molar refractivity (Wildman–Crippen MR) is 47.2 cm³/mol. The van der Waals surface area contributed by atoms with Crippen LogP contribution in [0.5, 0.6) is 0 Å². The predicted octanol–water partition coefficient (Wildman–Crippen LogP) is 2.07. The van der Waals surface area contributed by atoms with Crippen molar-refractivity contribution in [2.45, 2.75) is 6.18 Å². The average molecular weight is 219 g/mol. The molecule has 0 bridgehead atoms.